The van der Waals surface area contributed by atoms with E-state index in [1.54, 1.807) is 23.2 Å². The van der Waals surface area contributed by atoms with Crippen LogP contribution < -0.4 is 10.2 Å². The Morgan fingerprint density at radius 2 is 2.00 bits per heavy atom. The molecule has 1 amide bonds. The summed E-state index contributed by atoms with van der Waals surface area (Å²) in [6.45, 7) is 0.910. The molecule has 0 atom stereocenters. The second-order valence-corrected chi connectivity index (χ2v) is 7.17. The number of aromatic nitrogens is 3. The number of nitrogens with zero attached hydrogens (tertiary/aromatic N) is 3. The first-order valence-corrected chi connectivity index (χ1v) is 9.78. The van der Waals surface area contributed by atoms with Crippen molar-refractivity contribution in [2.45, 2.75) is 0 Å². The number of morpholine rings is 1. The van der Waals surface area contributed by atoms with Crippen LogP contribution in [0.15, 0.2) is 48.8 Å². The lowest BCUT2D eigenvalue weighted by atomic mass is 10.1. The van der Waals surface area contributed by atoms with E-state index in [1.165, 1.54) is 18.3 Å². The smallest absolute Gasteiger partial charge is 0.253 e. The molecule has 0 bridgehead atoms. The van der Waals surface area contributed by atoms with Gasteiger partial charge < -0.3 is 25.0 Å². The van der Waals surface area contributed by atoms with Crippen LogP contribution in [-0.4, -0.2) is 45.7 Å². The number of aromatic amines is 1. The predicted octanol–water partition coefficient (Wildman–Crippen LogP) is 3.72. The van der Waals surface area contributed by atoms with Gasteiger partial charge in [0.25, 0.3) is 5.91 Å². The van der Waals surface area contributed by atoms with Gasteiger partial charge in [0.15, 0.2) is 5.88 Å². The Morgan fingerprint density at radius 3 is 2.72 bits per heavy atom. The Labute approximate surface area is 180 Å². The fourth-order valence-electron chi connectivity index (χ4n) is 3.64. The van der Waals surface area contributed by atoms with Crippen LogP contribution in [0.3, 0.4) is 0 Å². The summed E-state index contributed by atoms with van der Waals surface area (Å²) in [6, 6.07) is 8.41. The van der Waals surface area contributed by atoms with Gasteiger partial charge in [-0.2, -0.15) is 0 Å². The Hall–Kier alpha value is -4.05. The van der Waals surface area contributed by atoms with Gasteiger partial charge >= 0.3 is 0 Å². The molecular formula is C22H17F2N5O3. The van der Waals surface area contributed by atoms with E-state index in [-0.39, 0.29) is 29.7 Å². The molecule has 0 unspecified atom stereocenters. The average Bonchev–Trinajstić information content (AvgIpc) is 3.16. The number of benzene rings is 1. The monoisotopic (exact) mass is 437 g/mol. The number of pyridine rings is 2. The van der Waals surface area contributed by atoms with E-state index >= 15 is 0 Å². The van der Waals surface area contributed by atoms with Crippen molar-refractivity contribution in [3.63, 3.8) is 0 Å². The average molecular weight is 437 g/mol. The molecule has 3 N–H and O–H groups in total. The number of nitrogens with one attached hydrogen (secondary N) is 2. The van der Waals surface area contributed by atoms with Crippen LogP contribution in [0.25, 0.3) is 22.2 Å². The maximum Gasteiger partial charge on any atom is 0.253 e. The highest BCUT2D eigenvalue weighted by Gasteiger charge is 2.21. The number of carbonyl (C=O) groups is 1. The quantitative estimate of drug-likeness (QED) is 0.450. The van der Waals surface area contributed by atoms with Gasteiger partial charge in [-0.3, -0.25) is 4.79 Å². The van der Waals surface area contributed by atoms with E-state index in [0.29, 0.717) is 41.2 Å². The van der Waals surface area contributed by atoms with Crippen molar-refractivity contribution in [1.29, 1.82) is 0 Å². The molecule has 1 aliphatic heterocycles. The molecule has 0 radical (unpaired) electrons. The number of anilines is 3. The zero-order chi connectivity index (χ0) is 22.2. The number of hydrogen-bond acceptors (Lipinski definition) is 6. The number of halogens is 2. The first-order chi connectivity index (χ1) is 15.5. The topological polar surface area (TPSA) is 103 Å². The molecule has 4 aromatic rings. The molecule has 0 spiro atoms. The van der Waals surface area contributed by atoms with Gasteiger partial charge in [0.1, 0.15) is 24.1 Å². The van der Waals surface area contributed by atoms with Crippen LogP contribution in [0.2, 0.25) is 0 Å². The number of amides is 1. The predicted molar refractivity (Wildman–Crippen MR) is 114 cm³/mol. The molecule has 10 heteroatoms. The van der Waals surface area contributed by atoms with Crippen molar-refractivity contribution in [3.05, 3.63) is 60.4 Å². The number of ether oxygens (including phenoxy) is 1. The lowest BCUT2D eigenvalue weighted by molar-refractivity contribution is -0.125. The number of carbonyl (C=O) groups excluding carboxylic acids is 1. The van der Waals surface area contributed by atoms with Crippen molar-refractivity contribution in [2.75, 3.05) is 30.0 Å². The lowest BCUT2D eigenvalue weighted by Crippen LogP contribution is -2.41. The summed E-state index contributed by atoms with van der Waals surface area (Å²) < 4.78 is 33.8. The Morgan fingerprint density at radius 1 is 1.19 bits per heavy atom. The van der Waals surface area contributed by atoms with Crippen molar-refractivity contribution in [1.82, 2.24) is 15.0 Å². The number of fused-ring (bicyclic) bond motifs is 1. The molecule has 1 saturated heterocycles. The molecule has 1 aromatic carbocycles. The van der Waals surface area contributed by atoms with Gasteiger partial charge in [0.05, 0.1) is 46.3 Å². The maximum atomic E-state index is 14.3. The highest BCUT2D eigenvalue weighted by Crippen LogP contribution is 2.36. The van der Waals surface area contributed by atoms with Gasteiger partial charge in [0.2, 0.25) is 0 Å². The highest BCUT2D eigenvalue weighted by molar-refractivity contribution is 5.99. The van der Waals surface area contributed by atoms with Crippen molar-refractivity contribution in [3.8, 4) is 17.1 Å². The minimum absolute atomic E-state index is 0.0249. The molecular weight excluding hydrogens is 420 g/mol. The van der Waals surface area contributed by atoms with Crippen LogP contribution in [0, 0.1) is 11.6 Å². The van der Waals surface area contributed by atoms with Gasteiger partial charge in [0, 0.05) is 12.7 Å². The fraction of sp³-hybridized carbons (Fsp3) is 0.136. The third-order valence-electron chi connectivity index (χ3n) is 5.16. The number of H-pyrrole nitrogens is 1. The largest absolute Gasteiger partial charge is 0.494 e. The van der Waals surface area contributed by atoms with Gasteiger partial charge in [-0.1, -0.05) is 6.07 Å². The summed E-state index contributed by atoms with van der Waals surface area (Å²) >= 11 is 0. The molecule has 1 fully saturated rings. The van der Waals surface area contributed by atoms with E-state index in [9.17, 15) is 18.7 Å². The normalized spacial score (nSPS) is 14.2. The van der Waals surface area contributed by atoms with Gasteiger partial charge in [-0.05, 0) is 30.3 Å². The van der Waals surface area contributed by atoms with Crippen LogP contribution >= 0.6 is 0 Å². The number of hydrogen-bond donors (Lipinski definition) is 3. The molecule has 8 nitrogen and oxygen atoms in total. The highest BCUT2D eigenvalue weighted by atomic mass is 19.1. The van der Waals surface area contributed by atoms with E-state index in [0.717, 1.165) is 12.1 Å². The second kappa shape index (κ2) is 7.89. The van der Waals surface area contributed by atoms with Gasteiger partial charge in [-0.15, -0.1) is 0 Å². The third kappa shape index (κ3) is 3.50. The Balaban J connectivity index is 1.52. The summed E-state index contributed by atoms with van der Waals surface area (Å²) in [5, 5.41) is 13.6. The molecule has 0 aliphatic carbocycles. The van der Waals surface area contributed by atoms with Crippen LogP contribution in [0.1, 0.15) is 0 Å². The standard InChI is InChI=1S/C22H17F2N5O3/c23-13-2-1-3-14(24)20(13)15-8-16(21-17(27-15)10-26-22(21)31)28-18-5-4-12(9-25-18)29-6-7-32-11-19(29)30/h1-5,8-10,26,31H,6-7,11H2,(H,25,28). The molecule has 1 aliphatic rings. The minimum Gasteiger partial charge on any atom is -0.494 e. The summed E-state index contributed by atoms with van der Waals surface area (Å²) in [5.74, 6) is -1.39. The van der Waals surface area contributed by atoms with E-state index < -0.39 is 11.6 Å². The van der Waals surface area contributed by atoms with Crippen LogP contribution in [0.5, 0.6) is 5.88 Å². The second-order valence-electron chi connectivity index (χ2n) is 7.17. The van der Waals surface area contributed by atoms with E-state index in [4.69, 9.17) is 4.74 Å². The van der Waals surface area contributed by atoms with E-state index in [2.05, 4.69) is 20.3 Å². The summed E-state index contributed by atoms with van der Waals surface area (Å²) in [7, 11) is 0. The van der Waals surface area contributed by atoms with Crippen molar-refractivity contribution >= 4 is 34.0 Å². The molecule has 32 heavy (non-hydrogen) atoms. The number of rotatable bonds is 4. The van der Waals surface area contributed by atoms with Crippen LogP contribution in [0.4, 0.5) is 26.0 Å². The SMILES string of the molecule is O=C1COCCN1c1ccc(Nc2cc(-c3c(F)cccc3F)nc3c[nH]c(O)c23)nc1. The summed E-state index contributed by atoms with van der Waals surface area (Å²) in [4.78, 5) is 24.9. The molecule has 162 valence electrons. The first kappa shape index (κ1) is 19.9. The van der Waals surface area contributed by atoms with Gasteiger partial charge in [-0.25, -0.2) is 18.7 Å². The molecule has 4 heterocycles. The van der Waals surface area contributed by atoms with E-state index in [1.807, 2.05) is 0 Å². The Bertz CT molecular complexity index is 1300. The van der Waals surface area contributed by atoms with Crippen LogP contribution in [-0.2, 0) is 9.53 Å². The summed E-state index contributed by atoms with van der Waals surface area (Å²) in [6.07, 6.45) is 2.98. The number of aromatic hydroxyl groups is 1. The van der Waals surface area contributed by atoms with Crippen molar-refractivity contribution < 1.29 is 23.4 Å². The lowest BCUT2D eigenvalue weighted by Gasteiger charge is -2.26. The third-order valence-corrected chi connectivity index (χ3v) is 5.16. The molecule has 5 rings (SSSR count). The van der Waals surface area contributed by atoms with Crippen molar-refractivity contribution in [2.24, 2.45) is 0 Å². The Kier molecular flexibility index (Phi) is 4.91. The fourth-order valence-corrected chi connectivity index (χ4v) is 3.64. The first-order valence-electron chi connectivity index (χ1n) is 9.78. The molecule has 3 aromatic heterocycles. The molecule has 0 saturated carbocycles. The zero-order valence-electron chi connectivity index (χ0n) is 16.6. The zero-order valence-corrected chi connectivity index (χ0v) is 16.6. The maximum absolute atomic E-state index is 14.3. The minimum atomic E-state index is -0.750. The summed E-state index contributed by atoms with van der Waals surface area (Å²) in [5.41, 5.74) is 1.09.